The number of halogens is 3. The first kappa shape index (κ1) is 18.2. The SMILES string of the molecule is CN(Cc1ccccc1C(F)(F)F)S(=O)(=O)CC1CCOCC1. The number of alkyl halides is 3. The third-order valence-corrected chi connectivity index (χ3v) is 5.95. The van der Waals surface area contributed by atoms with E-state index in [0.717, 1.165) is 10.4 Å². The molecule has 23 heavy (non-hydrogen) atoms. The fourth-order valence-electron chi connectivity index (χ4n) is 2.61. The smallest absolute Gasteiger partial charge is 0.381 e. The van der Waals surface area contributed by atoms with Crippen molar-refractivity contribution >= 4 is 10.0 Å². The summed E-state index contributed by atoms with van der Waals surface area (Å²) in [5.41, 5.74) is -0.842. The van der Waals surface area contributed by atoms with Crippen LogP contribution in [-0.4, -0.2) is 38.7 Å². The Kier molecular flexibility index (Phi) is 5.70. The Morgan fingerprint density at radius 1 is 1.22 bits per heavy atom. The molecular weight excluding hydrogens is 331 g/mol. The zero-order chi connectivity index (χ0) is 17.1. The fraction of sp³-hybridized carbons (Fsp3) is 0.600. The molecule has 0 amide bonds. The zero-order valence-corrected chi connectivity index (χ0v) is 13.7. The molecule has 0 bridgehead atoms. The molecule has 0 radical (unpaired) electrons. The maximum Gasteiger partial charge on any atom is 0.416 e. The van der Waals surface area contributed by atoms with E-state index >= 15 is 0 Å². The summed E-state index contributed by atoms with van der Waals surface area (Å²) in [6, 6.07) is 5.05. The minimum Gasteiger partial charge on any atom is -0.381 e. The monoisotopic (exact) mass is 351 g/mol. The second-order valence-corrected chi connectivity index (χ2v) is 7.87. The number of nitrogens with zero attached hydrogens (tertiary/aromatic N) is 1. The van der Waals surface area contributed by atoms with Gasteiger partial charge in [0.05, 0.1) is 11.3 Å². The van der Waals surface area contributed by atoms with Crippen LogP contribution >= 0.6 is 0 Å². The van der Waals surface area contributed by atoms with E-state index in [9.17, 15) is 21.6 Å². The Morgan fingerprint density at radius 3 is 2.43 bits per heavy atom. The van der Waals surface area contributed by atoms with E-state index in [-0.39, 0.29) is 23.8 Å². The number of rotatable bonds is 5. The number of hydrogen-bond donors (Lipinski definition) is 0. The van der Waals surface area contributed by atoms with E-state index in [0.29, 0.717) is 26.1 Å². The molecule has 2 rings (SSSR count). The van der Waals surface area contributed by atoms with Gasteiger partial charge in [-0.15, -0.1) is 0 Å². The highest BCUT2D eigenvalue weighted by Gasteiger charge is 2.34. The lowest BCUT2D eigenvalue weighted by molar-refractivity contribution is -0.138. The predicted molar refractivity (Wildman–Crippen MR) is 80.2 cm³/mol. The first-order valence-corrected chi connectivity index (χ1v) is 8.98. The van der Waals surface area contributed by atoms with Crippen LogP contribution in [0, 0.1) is 5.92 Å². The molecule has 1 fully saturated rings. The van der Waals surface area contributed by atoms with Gasteiger partial charge < -0.3 is 4.74 Å². The van der Waals surface area contributed by atoms with Gasteiger partial charge in [0.25, 0.3) is 0 Å². The number of ether oxygens (including phenoxy) is 1. The molecule has 0 N–H and O–H groups in total. The standard InChI is InChI=1S/C15H20F3NO3S/c1-19(23(20,21)11-12-6-8-22-9-7-12)10-13-4-2-3-5-14(13)15(16,17)18/h2-5,12H,6-11H2,1H3. The van der Waals surface area contributed by atoms with Crippen molar-refractivity contribution < 1.29 is 26.3 Å². The van der Waals surface area contributed by atoms with Crippen LogP contribution in [0.4, 0.5) is 13.2 Å². The van der Waals surface area contributed by atoms with Crippen LogP contribution in [0.25, 0.3) is 0 Å². The molecule has 1 saturated heterocycles. The molecule has 0 atom stereocenters. The molecule has 0 unspecified atom stereocenters. The van der Waals surface area contributed by atoms with Crippen molar-refractivity contribution in [1.82, 2.24) is 4.31 Å². The second-order valence-electron chi connectivity index (χ2n) is 5.75. The molecule has 0 aromatic heterocycles. The van der Waals surface area contributed by atoms with Crippen LogP contribution in [0.15, 0.2) is 24.3 Å². The Morgan fingerprint density at radius 2 is 1.83 bits per heavy atom. The minimum atomic E-state index is -4.50. The summed E-state index contributed by atoms with van der Waals surface area (Å²) in [6.07, 6.45) is -3.18. The quantitative estimate of drug-likeness (QED) is 0.819. The summed E-state index contributed by atoms with van der Waals surface area (Å²) in [5.74, 6) is -0.0600. The summed E-state index contributed by atoms with van der Waals surface area (Å²) < 4.78 is 69.9. The van der Waals surface area contributed by atoms with Crippen molar-refractivity contribution in [3.8, 4) is 0 Å². The molecule has 0 spiro atoms. The Bertz CT molecular complexity index is 625. The summed E-state index contributed by atoms with van der Waals surface area (Å²) in [5, 5.41) is 0. The third-order valence-electron chi connectivity index (χ3n) is 3.98. The van der Waals surface area contributed by atoms with E-state index < -0.39 is 21.8 Å². The lowest BCUT2D eigenvalue weighted by atomic mass is 10.0. The zero-order valence-electron chi connectivity index (χ0n) is 12.8. The normalized spacial score (nSPS) is 17.6. The van der Waals surface area contributed by atoms with E-state index in [4.69, 9.17) is 4.74 Å². The summed E-state index contributed by atoms with van der Waals surface area (Å²) in [7, 11) is -2.29. The average molecular weight is 351 g/mol. The largest absolute Gasteiger partial charge is 0.416 e. The highest BCUT2D eigenvalue weighted by atomic mass is 32.2. The molecular formula is C15H20F3NO3S. The minimum absolute atomic E-state index is 0.00550. The number of hydrogen-bond acceptors (Lipinski definition) is 3. The molecule has 0 saturated carbocycles. The Hall–Kier alpha value is -1.12. The maximum absolute atomic E-state index is 13.0. The maximum atomic E-state index is 13.0. The molecule has 8 heteroatoms. The third kappa shape index (κ3) is 4.92. The van der Waals surface area contributed by atoms with Gasteiger partial charge in [0.1, 0.15) is 0 Å². The van der Waals surface area contributed by atoms with Crippen LogP contribution in [0.5, 0.6) is 0 Å². The number of sulfonamides is 1. The van der Waals surface area contributed by atoms with Gasteiger partial charge in [0, 0.05) is 26.8 Å². The van der Waals surface area contributed by atoms with Gasteiger partial charge in [-0.05, 0) is 30.4 Å². The van der Waals surface area contributed by atoms with Crippen LogP contribution < -0.4 is 0 Å². The van der Waals surface area contributed by atoms with Crippen LogP contribution in [0.1, 0.15) is 24.0 Å². The van der Waals surface area contributed by atoms with Gasteiger partial charge in [-0.1, -0.05) is 18.2 Å². The van der Waals surface area contributed by atoms with Crippen molar-refractivity contribution in [3.05, 3.63) is 35.4 Å². The lowest BCUT2D eigenvalue weighted by Crippen LogP contribution is -2.34. The summed E-state index contributed by atoms with van der Waals surface area (Å²) in [4.78, 5) is 0. The molecule has 0 aliphatic carbocycles. The molecule has 1 heterocycles. The number of benzene rings is 1. The molecule has 1 aliphatic heterocycles. The van der Waals surface area contributed by atoms with Gasteiger partial charge >= 0.3 is 6.18 Å². The van der Waals surface area contributed by atoms with Crippen LogP contribution in [0.2, 0.25) is 0 Å². The average Bonchev–Trinajstić information content (AvgIpc) is 2.47. The molecule has 1 aromatic rings. The Balaban J connectivity index is 2.10. The molecule has 1 aliphatic rings. The van der Waals surface area contributed by atoms with E-state index in [1.807, 2.05) is 0 Å². The van der Waals surface area contributed by atoms with E-state index in [1.165, 1.54) is 25.2 Å². The topological polar surface area (TPSA) is 46.6 Å². The first-order valence-electron chi connectivity index (χ1n) is 7.37. The van der Waals surface area contributed by atoms with Gasteiger partial charge in [-0.3, -0.25) is 0 Å². The van der Waals surface area contributed by atoms with Gasteiger partial charge in [-0.25, -0.2) is 12.7 Å². The lowest BCUT2D eigenvalue weighted by Gasteiger charge is -2.25. The van der Waals surface area contributed by atoms with Crippen molar-refractivity contribution in [3.63, 3.8) is 0 Å². The Labute approximate surface area is 134 Å². The second kappa shape index (κ2) is 7.19. The van der Waals surface area contributed by atoms with Gasteiger partial charge in [-0.2, -0.15) is 13.2 Å². The molecule has 1 aromatic carbocycles. The van der Waals surface area contributed by atoms with Gasteiger partial charge in [0.2, 0.25) is 10.0 Å². The molecule has 130 valence electrons. The van der Waals surface area contributed by atoms with Crippen molar-refractivity contribution in [1.29, 1.82) is 0 Å². The first-order chi connectivity index (χ1) is 10.7. The van der Waals surface area contributed by atoms with Crippen molar-refractivity contribution in [2.24, 2.45) is 5.92 Å². The van der Waals surface area contributed by atoms with E-state index in [1.54, 1.807) is 0 Å². The summed E-state index contributed by atoms with van der Waals surface area (Å²) >= 11 is 0. The highest BCUT2D eigenvalue weighted by Crippen LogP contribution is 2.32. The van der Waals surface area contributed by atoms with Crippen molar-refractivity contribution in [2.45, 2.75) is 25.6 Å². The van der Waals surface area contributed by atoms with E-state index in [2.05, 4.69) is 0 Å². The van der Waals surface area contributed by atoms with Crippen LogP contribution in [-0.2, 0) is 27.5 Å². The summed E-state index contributed by atoms with van der Waals surface area (Å²) in [6.45, 7) is 0.767. The van der Waals surface area contributed by atoms with Crippen LogP contribution in [0.3, 0.4) is 0 Å². The van der Waals surface area contributed by atoms with Gasteiger partial charge in [0.15, 0.2) is 0 Å². The molecule has 4 nitrogen and oxygen atoms in total. The fourth-order valence-corrected chi connectivity index (χ4v) is 4.13. The highest BCUT2D eigenvalue weighted by molar-refractivity contribution is 7.89. The predicted octanol–water partition coefficient (Wildman–Crippen LogP) is 2.89. The van der Waals surface area contributed by atoms with Crippen molar-refractivity contribution in [2.75, 3.05) is 26.0 Å².